The second-order valence-corrected chi connectivity index (χ2v) is 4.05. The summed E-state index contributed by atoms with van der Waals surface area (Å²) in [6, 6.07) is 10.4. The highest BCUT2D eigenvalue weighted by molar-refractivity contribution is 7.98. The molecule has 0 unspecified atom stereocenters. The van der Waals surface area contributed by atoms with E-state index >= 15 is 0 Å². The van der Waals surface area contributed by atoms with Crippen LogP contribution in [0.4, 0.5) is 5.82 Å². The van der Waals surface area contributed by atoms with E-state index in [1.807, 2.05) is 6.07 Å². The van der Waals surface area contributed by atoms with Gasteiger partial charge < -0.3 is 5.32 Å². The van der Waals surface area contributed by atoms with Gasteiger partial charge in [0.05, 0.1) is 6.20 Å². The minimum Gasteiger partial charge on any atom is -0.366 e. The fourth-order valence-electron chi connectivity index (χ4n) is 1.30. The lowest BCUT2D eigenvalue weighted by Gasteiger charge is -2.04. The molecule has 0 radical (unpaired) electrons. The Balaban J connectivity index is 1.93. The van der Waals surface area contributed by atoms with Crippen LogP contribution in [0.25, 0.3) is 0 Å². The van der Waals surface area contributed by atoms with Gasteiger partial charge in [0.2, 0.25) is 0 Å². The highest BCUT2D eigenvalue weighted by atomic mass is 32.2. The third-order valence-electron chi connectivity index (χ3n) is 2.14. The first kappa shape index (κ1) is 10.1. The van der Waals surface area contributed by atoms with Crippen LogP contribution in [0.1, 0.15) is 5.56 Å². The summed E-state index contributed by atoms with van der Waals surface area (Å²) in [6.07, 6.45) is 3.82. The van der Waals surface area contributed by atoms with Crippen LogP contribution in [0.5, 0.6) is 0 Å². The number of anilines is 1. The second-order valence-electron chi connectivity index (χ2n) is 3.17. The van der Waals surface area contributed by atoms with Crippen molar-refractivity contribution >= 4 is 17.6 Å². The number of nitrogens with zero attached hydrogens (tertiary/aromatic N) is 1. The average molecular weight is 219 g/mol. The molecule has 2 N–H and O–H groups in total. The van der Waals surface area contributed by atoms with Gasteiger partial charge in [-0.05, 0) is 30.0 Å². The van der Waals surface area contributed by atoms with E-state index in [9.17, 15) is 0 Å². The molecule has 2 rings (SSSR count). The molecule has 0 saturated heterocycles. The van der Waals surface area contributed by atoms with E-state index in [-0.39, 0.29) is 0 Å². The van der Waals surface area contributed by atoms with E-state index in [2.05, 4.69) is 46.0 Å². The third kappa shape index (κ3) is 2.76. The van der Waals surface area contributed by atoms with Crippen LogP contribution in [-0.2, 0) is 6.54 Å². The number of H-pyrrole nitrogens is 1. The number of aromatic nitrogens is 2. The van der Waals surface area contributed by atoms with Crippen molar-refractivity contribution in [1.29, 1.82) is 0 Å². The molecule has 0 spiro atoms. The lowest BCUT2D eigenvalue weighted by Crippen LogP contribution is -1.99. The van der Waals surface area contributed by atoms with Crippen molar-refractivity contribution in [1.82, 2.24) is 10.2 Å². The van der Waals surface area contributed by atoms with Crippen molar-refractivity contribution in [2.24, 2.45) is 0 Å². The zero-order valence-electron chi connectivity index (χ0n) is 8.53. The van der Waals surface area contributed by atoms with Gasteiger partial charge in [0, 0.05) is 11.4 Å². The molecule has 78 valence electrons. The predicted molar refractivity (Wildman–Crippen MR) is 64.1 cm³/mol. The lowest BCUT2D eigenvalue weighted by atomic mass is 10.2. The van der Waals surface area contributed by atoms with Gasteiger partial charge in [-0.25, -0.2) is 0 Å². The Kier molecular flexibility index (Phi) is 3.29. The largest absolute Gasteiger partial charge is 0.366 e. The van der Waals surface area contributed by atoms with Gasteiger partial charge in [-0.1, -0.05) is 12.1 Å². The number of rotatable bonds is 4. The van der Waals surface area contributed by atoms with Crippen molar-refractivity contribution in [2.45, 2.75) is 11.4 Å². The number of hydrogen-bond acceptors (Lipinski definition) is 3. The van der Waals surface area contributed by atoms with E-state index < -0.39 is 0 Å². The summed E-state index contributed by atoms with van der Waals surface area (Å²) in [5, 5.41) is 9.99. The maximum absolute atomic E-state index is 3.87. The second kappa shape index (κ2) is 4.89. The van der Waals surface area contributed by atoms with Gasteiger partial charge in [-0.3, -0.25) is 5.10 Å². The van der Waals surface area contributed by atoms with Crippen LogP contribution in [0.2, 0.25) is 0 Å². The smallest absolute Gasteiger partial charge is 0.121 e. The van der Waals surface area contributed by atoms with E-state index in [4.69, 9.17) is 0 Å². The molecule has 0 amide bonds. The third-order valence-corrected chi connectivity index (χ3v) is 2.89. The van der Waals surface area contributed by atoms with Crippen LogP contribution < -0.4 is 5.32 Å². The molecule has 0 saturated carbocycles. The van der Waals surface area contributed by atoms with Gasteiger partial charge in [0.1, 0.15) is 5.82 Å². The molecule has 0 aliphatic heterocycles. The average Bonchev–Trinajstić information content (AvgIpc) is 2.80. The number of hydrogen-bond donors (Lipinski definition) is 2. The van der Waals surface area contributed by atoms with Gasteiger partial charge >= 0.3 is 0 Å². The van der Waals surface area contributed by atoms with Gasteiger partial charge in [-0.2, -0.15) is 5.10 Å². The van der Waals surface area contributed by atoms with Gasteiger partial charge in [0.15, 0.2) is 0 Å². The fourth-order valence-corrected chi connectivity index (χ4v) is 1.70. The topological polar surface area (TPSA) is 40.7 Å². The quantitative estimate of drug-likeness (QED) is 0.777. The molecule has 15 heavy (non-hydrogen) atoms. The molecule has 1 heterocycles. The summed E-state index contributed by atoms with van der Waals surface area (Å²) in [7, 11) is 0. The summed E-state index contributed by atoms with van der Waals surface area (Å²) in [6.45, 7) is 0.816. The van der Waals surface area contributed by atoms with E-state index in [0.717, 1.165) is 12.4 Å². The molecule has 1 aromatic carbocycles. The molecule has 0 aliphatic rings. The van der Waals surface area contributed by atoms with Crippen molar-refractivity contribution in [3.63, 3.8) is 0 Å². The monoisotopic (exact) mass is 219 g/mol. The molecule has 0 atom stereocenters. The Hall–Kier alpha value is -1.42. The Morgan fingerprint density at radius 1 is 1.27 bits per heavy atom. The standard InChI is InChI=1S/C11H13N3S/c1-15-10-4-2-9(3-5-10)8-12-11-6-7-13-14-11/h2-7H,8H2,1H3,(H2,12,13,14). The maximum Gasteiger partial charge on any atom is 0.121 e. The number of benzene rings is 1. The van der Waals surface area contributed by atoms with E-state index in [1.165, 1.54) is 10.5 Å². The lowest BCUT2D eigenvalue weighted by molar-refractivity contribution is 1.05. The Morgan fingerprint density at radius 2 is 2.07 bits per heavy atom. The van der Waals surface area contributed by atoms with Crippen LogP contribution in [0.3, 0.4) is 0 Å². The molecule has 2 aromatic rings. The number of nitrogens with one attached hydrogen (secondary N) is 2. The molecule has 3 nitrogen and oxygen atoms in total. The first-order valence-corrected chi connectivity index (χ1v) is 5.97. The summed E-state index contributed by atoms with van der Waals surface area (Å²) in [4.78, 5) is 1.29. The minimum absolute atomic E-state index is 0.816. The number of thioether (sulfide) groups is 1. The van der Waals surface area contributed by atoms with Crippen LogP contribution in [0, 0.1) is 0 Å². The summed E-state index contributed by atoms with van der Waals surface area (Å²) in [5.41, 5.74) is 1.27. The van der Waals surface area contributed by atoms with Crippen molar-refractivity contribution in [3.8, 4) is 0 Å². The first-order chi connectivity index (χ1) is 7.38. The number of aromatic amines is 1. The molecule has 0 aliphatic carbocycles. The highest BCUT2D eigenvalue weighted by Crippen LogP contribution is 2.15. The van der Waals surface area contributed by atoms with Crippen LogP contribution in [0.15, 0.2) is 41.4 Å². The van der Waals surface area contributed by atoms with E-state index in [0.29, 0.717) is 0 Å². The van der Waals surface area contributed by atoms with Crippen LogP contribution >= 0.6 is 11.8 Å². The zero-order chi connectivity index (χ0) is 10.5. The summed E-state index contributed by atoms with van der Waals surface area (Å²) >= 11 is 1.76. The van der Waals surface area contributed by atoms with Gasteiger partial charge in [0.25, 0.3) is 0 Å². The van der Waals surface area contributed by atoms with Crippen molar-refractivity contribution < 1.29 is 0 Å². The molecule has 0 bridgehead atoms. The Bertz CT molecular complexity index is 394. The highest BCUT2D eigenvalue weighted by Gasteiger charge is 1.95. The summed E-state index contributed by atoms with van der Waals surface area (Å²) in [5.74, 6) is 0.948. The summed E-state index contributed by atoms with van der Waals surface area (Å²) < 4.78 is 0. The Labute approximate surface area is 93.3 Å². The van der Waals surface area contributed by atoms with Crippen LogP contribution in [-0.4, -0.2) is 16.5 Å². The Morgan fingerprint density at radius 3 is 2.67 bits per heavy atom. The molecular weight excluding hydrogens is 206 g/mol. The zero-order valence-corrected chi connectivity index (χ0v) is 9.34. The molecular formula is C11H13N3S. The SMILES string of the molecule is CSc1ccc(CNc2ccn[nH]2)cc1. The minimum atomic E-state index is 0.816. The van der Waals surface area contributed by atoms with E-state index in [1.54, 1.807) is 18.0 Å². The first-order valence-electron chi connectivity index (χ1n) is 4.74. The van der Waals surface area contributed by atoms with Crippen molar-refractivity contribution in [2.75, 3.05) is 11.6 Å². The predicted octanol–water partition coefficient (Wildman–Crippen LogP) is 2.74. The molecule has 0 fully saturated rings. The molecule has 1 aromatic heterocycles. The maximum atomic E-state index is 3.87. The van der Waals surface area contributed by atoms with Gasteiger partial charge in [-0.15, -0.1) is 11.8 Å². The van der Waals surface area contributed by atoms with Crippen molar-refractivity contribution in [3.05, 3.63) is 42.1 Å². The molecule has 4 heteroatoms. The fraction of sp³-hybridized carbons (Fsp3) is 0.182. The normalized spacial score (nSPS) is 10.2.